The molecule has 0 spiro atoms. The van der Waals surface area contributed by atoms with Crippen LogP contribution in [0.1, 0.15) is 36.3 Å². The van der Waals surface area contributed by atoms with Crippen LogP contribution in [-0.2, 0) is 20.2 Å². The Morgan fingerprint density at radius 2 is 1.68 bits per heavy atom. The van der Waals surface area contributed by atoms with E-state index in [0.717, 1.165) is 22.0 Å². The molecule has 0 aliphatic carbocycles. The fraction of sp³-hybridized carbons (Fsp3) is 0.333. The first-order valence-electron chi connectivity index (χ1n) is 10.7. The first-order valence-corrected chi connectivity index (χ1v) is 13.2. The molecule has 31 heavy (non-hydrogen) atoms. The molecule has 0 saturated carbocycles. The molecule has 0 radical (unpaired) electrons. The van der Waals surface area contributed by atoms with Gasteiger partial charge in [-0.1, -0.05) is 18.2 Å². The van der Waals surface area contributed by atoms with Crippen molar-refractivity contribution in [1.82, 2.24) is 4.57 Å². The number of para-hydroxylation sites is 1. The number of fused-ring (bicyclic) bond motifs is 3. The first kappa shape index (κ1) is 22.1. The summed E-state index contributed by atoms with van der Waals surface area (Å²) in [5.74, 6) is -0.567. The lowest BCUT2D eigenvalue weighted by Gasteiger charge is -2.27. The highest BCUT2D eigenvalue weighted by Crippen LogP contribution is 2.61. The SMILES string of the molecule is CCOP(=O)(OCC)C(Nc1ccc2c(c1)c1ccccc1n2CC)c1ccc(C)s1. The second kappa shape index (κ2) is 9.17. The third kappa shape index (κ3) is 4.18. The number of hydrogen-bond donors (Lipinski definition) is 1. The zero-order chi connectivity index (χ0) is 22.0. The molecular weight excluding hydrogens is 427 g/mol. The normalized spacial score (nSPS) is 13.2. The van der Waals surface area contributed by atoms with E-state index in [1.165, 1.54) is 21.8 Å². The Labute approximate surface area is 187 Å². The number of nitrogens with one attached hydrogen (secondary N) is 1. The summed E-state index contributed by atoms with van der Waals surface area (Å²) in [5.41, 5.74) is 3.30. The van der Waals surface area contributed by atoms with Crippen molar-refractivity contribution in [3.63, 3.8) is 0 Å². The van der Waals surface area contributed by atoms with Crippen LogP contribution in [0.25, 0.3) is 21.8 Å². The van der Waals surface area contributed by atoms with Crippen molar-refractivity contribution in [3.8, 4) is 0 Å². The Bertz CT molecular complexity index is 1240. The highest BCUT2D eigenvalue weighted by Gasteiger charge is 2.38. The van der Waals surface area contributed by atoms with Crippen LogP contribution in [0, 0.1) is 6.92 Å². The topological polar surface area (TPSA) is 52.5 Å². The van der Waals surface area contributed by atoms with Gasteiger partial charge in [0.2, 0.25) is 0 Å². The molecule has 4 aromatic rings. The van der Waals surface area contributed by atoms with E-state index in [1.807, 2.05) is 39.0 Å². The van der Waals surface area contributed by atoms with Crippen molar-refractivity contribution in [1.29, 1.82) is 0 Å². The Morgan fingerprint density at radius 1 is 0.968 bits per heavy atom. The maximum Gasteiger partial charge on any atom is 0.358 e. The number of nitrogens with zero attached hydrogens (tertiary/aromatic N) is 1. The van der Waals surface area contributed by atoms with E-state index >= 15 is 0 Å². The molecule has 164 valence electrons. The van der Waals surface area contributed by atoms with Crippen LogP contribution in [0.5, 0.6) is 0 Å². The Kier molecular flexibility index (Phi) is 6.54. The Morgan fingerprint density at radius 3 is 2.32 bits per heavy atom. The maximum atomic E-state index is 13.7. The van der Waals surface area contributed by atoms with Gasteiger partial charge in [0.15, 0.2) is 5.78 Å². The predicted octanol–water partition coefficient (Wildman–Crippen LogP) is 7.56. The van der Waals surface area contributed by atoms with Gasteiger partial charge in [-0.25, -0.2) is 0 Å². The number of aryl methyl sites for hydroxylation is 2. The number of benzene rings is 2. The summed E-state index contributed by atoms with van der Waals surface area (Å²) in [6, 6.07) is 18.8. The smallest absolute Gasteiger partial charge is 0.358 e. The average Bonchev–Trinajstić information content (AvgIpc) is 3.33. The summed E-state index contributed by atoms with van der Waals surface area (Å²) >= 11 is 1.61. The van der Waals surface area contributed by atoms with Crippen LogP contribution in [0.4, 0.5) is 5.69 Å². The highest BCUT2D eigenvalue weighted by molar-refractivity contribution is 7.54. The van der Waals surface area contributed by atoms with E-state index in [4.69, 9.17) is 9.05 Å². The number of aromatic nitrogens is 1. The van der Waals surface area contributed by atoms with E-state index in [0.29, 0.717) is 13.2 Å². The van der Waals surface area contributed by atoms with E-state index in [1.54, 1.807) is 11.3 Å². The summed E-state index contributed by atoms with van der Waals surface area (Å²) in [4.78, 5) is 2.10. The molecule has 0 aliphatic rings. The zero-order valence-electron chi connectivity index (χ0n) is 18.4. The minimum atomic E-state index is -3.42. The summed E-state index contributed by atoms with van der Waals surface area (Å²) < 4.78 is 27.5. The largest absolute Gasteiger partial charge is 0.367 e. The first-order chi connectivity index (χ1) is 15.0. The number of rotatable bonds is 9. The lowest BCUT2D eigenvalue weighted by Crippen LogP contribution is -2.14. The van der Waals surface area contributed by atoms with Gasteiger partial charge < -0.3 is 18.9 Å². The maximum absolute atomic E-state index is 13.7. The quantitative estimate of drug-likeness (QED) is 0.264. The van der Waals surface area contributed by atoms with Gasteiger partial charge in [-0.3, -0.25) is 4.57 Å². The number of hydrogen-bond acceptors (Lipinski definition) is 5. The summed E-state index contributed by atoms with van der Waals surface area (Å²) in [5, 5.41) is 5.88. The monoisotopic (exact) mass is 456 g/mol. The lowest BCUT2D eigenvalue weighted by molar-refractivity contribution is 0.214. The Balaban J connectivity index is 1.81. The molecule has 4 rings (SSSR count). The van der Waals surface area contributed by atoms with E-state index in [9.17, 15) is 4.57 Å². The molecule has 0 fully saturated rings. The molecule has 0 saturated heterocycles. The summed E-state index contributed by atoms with van der Waals surface area (Å²) in [6.07, 6.45) is 0. The van der Waals surface area contributed by atoms with Crippen molar-refractivity contribution in [2.45, 2.75) is 40.0 Å². The van der Waals surface area contributed by atoms with Crippen molar-refractivity contribution < 1.29 is 13.6 Å². The fourth-order valence-electron chi connectivity index (χ4n) is 4.09. The van der Waals surface area contributed by atoms with Gasteiger partial charge in [-0.15, -0.1) is 11.3 Å². The third-order valence-electron chi connectivity index (χ3n) is 5.36. The third-order valence-corrected chi connectivity index (χ3v) is 8.87. The fourth-order valence-corrected chi connectivity index (χ4v) is 7.25. The average molecular weight is 457 g/mol. The van der Waals surface area contributed by atoms with E-state index in [-0.39, 0.29) is 0 Å². The van der Waals surface area contributed by atoms with Gasteiger partial charge in [0.1, 0.15) is 0 Å². The van der Waals surface area contributed by atoms with Crippen molar-refractivity contribution in [2.75, 3.05) is 18.5 Å². The van der Waals surface area contributed by atoms with Crippen molar-refractivity contribution in [3.05, 3.63) is 64.4 Å². The molecule has 2 aromatic carbocycles. The van der Waals surface area contributed by atoms with E-state index in [2.05, 4.69) is 53.2 Å². The molecule has 1 unspecified atom stereocenters. The molecule has 1 atom stereocenters. The standard InChI is InChI=1S/C24H29N2O3PS/c1-5-26-21-11-9-8-10-19(21)20-16-18(13-14-22(20)26)25-24(23-15-12-17(4)31-23)30(27,28-6-2)29-7-3/h8-16,24-25H,5-7H2,1-4H3. The number of anilines is 1. The van der Waals surface area contributed by atoms with Crippen LogP contribution in [0.3, 0.4) is 0 Å². The molecular formula is C24H29N2O3PS. The van der Waals surface area contributed by atoms with Gasteiger partial charge >= 0.3 is 7.60 Å². The van der Waals surface area contributed by atoms with Crippen LogP contribution in [-0.4, -0.2) is 17.8 Å². The minimum Gasteiger partial charge on any atom is -0.367 e. The molecule has 0 aliphatic heterocycles. The molecule has 5 nitrogen and oxygen atoms in total. The van der Waals surface area contributed by atoms with Gasteiger partial charge in [-0.2, -0.15) is 0 Å². The van der Waals surface area contributed by atoms with Crippen LogP contribution < -0.4 is 5.32 Å². The summed E-state index contributed by atoms with van der Waals surface area (Å²) in [7, 11) is -3.42. The molecule has 7 heteroatoms. The molecule has 1 N–H and O–H groups in total. The highest BCUT2D eigenvalue weighted by atomic mass is 32.1. The van der Waals surface area contributed by atoms with Gasteiger partial charge in [0.25, 0.3) is 0 Å². The molecule has 2 heterocycles. The molecule has 0 bridgehead atoms. The lowest BCUT2D eigenvalue weighted by atomic mass is 10.1. The molecule has 0 amide bonds. The second-order valence-corrected chi connectivity index (χ2v) is 10.8. The zero-order valence-corrected chi connectivity index (χ0v) is 20.1. The van der Waals surface area contributed by atoms with E-state index < -0.39 is 13.4 Å². The van der Waals surface area contributed by atoms with Crippen molar-refractivity contribution >= 4 is 46.4 Å². The minimum absolute atomic E-state index is 0.322. The van der Waals surface area contributed by atoms with Gasteiger partial charge in [0, 0.05) is 43.8 Å². The van der Waals surface area contributed by atoms with Crippen LogP contribution >= 0.6 is 18.9 Å². The summed E-state index contributed by atoms with van der Waals surface area (Å²) in [6.45, 7) is 9.43. The Hall–Kier alpha value is -2.11. The molecule has 2 aromatic heterocycles. The van der Waals surface area contributed by atoms with Gasteiger partial charge in [-0.05, 0) is 64.1 Å². The van der Waals surface area contributed by atoms with Crippen LogP contribution in [0.15, 0.2) is 54.6 Å². The second-order valence-electron chi connectivity index (χ2n) is 7.36. The number of thiophene rings is 1. The predicted molar refractivity (Wildman–Crippen MR) is 131 cm³/mol. The van der Waals surface area contributed by atoms with Gasteiger partial charge in [0.05, 0.1) is 13.2 Å². The van der Waals surface area contributed by atoms with Crippen LogP contribution in [0.2, 0.25) is 0 Å². The van der Waals surface area contributed by atoms with Crippen molar-refractivity contribution in [2.24, 2.45) is 0 Å².